The van der Waals surface area contributed by atoms with Crippen LogP contribution >= 0.6 is 11.3 Å². The number of nitrogens with zero attached hydrogens (tertiary/aromatic N) is 3. The molecule has 11 aromatic rings. The fourth-order valence-electron chi connectivity index (χ4n) is 7.95. The molecule has 246 valence electrons. The molecule has 0 atom stereocenters. The zero-order valence-corrected chi connectivity index (χ0v) is 29.3. The molecule has 0 fully saturated rings. The van der Waals surface area contributed by atoms with E-state index < -0.39 is 0 Å². The number of hydrogen-bond acceptors (Lipinski definition) is 4. The molecule has 3 heterocycles. The van der Waals surface area contributed by atoms with Gasteiger partial charge in [0, 0.05) is 47.8 Å². The monoisotopic (exact) mass is 691 g/mol. The van der Waals surface area contributed by atoms with Crippen LogP contribution in [0.15, 0.2) is 176 Å². The number of hydrogen-bond donors (Lipinski definition) is 0. The van der Waals surface area contributed by atoms with E-state index in [1.807, 2.05) is 35.6 Å². The number of fused-ring (bicyclic) bond motifs is 11. The Bertz CT molecular complexity index is 3130. The lowest BCUT2D eigenvalue weighted by Crippen LogP contribution is -1.96. The van der Waals surface area contributed by atoms with Gasteiger partial charge in [0.2, 0.25) is 0 Å². The Kier molecular flexibility index (Phi) is 6.73. The van der Waals surface area contributed by atoms with E-state index in [-0.39, 0.29) is 0 Å². The first-order valence-corrected chi connectivity index (χ1v) is 18.7. The second-order valence-electron chi connectivity index (χ2n) is 13.5. The van der Waals surface area contributed by atoms with Gasteiger partial charge in [0.25, 0.3) is 0 Å². The van der Waals surface area contributed by atoms with Gasteiger partial charge >= 0.3 is 0 Å². The summed E-state index contributed by atoms with van der Waals surface area (Å²) in [6, 6.07) is 62.4. The van der Waals surface area contributed by atoms with Crippen molar-refractivity contribution in [1.29, 1.82) is 0 Å². The minimum absolute atomic E-state index is 0.708. The average Bonchev–Trinajstić information content (AvgIpc) is 3.64. The molecule has 0 saturated carbocycles. The molecule has 0 amide bonds. The molecule has 3 aromatic heterocycles. The van der Waals surface area contributed by atoms with Crippen molar-refractivity contribution < 1.29 is 0 Å². The van der Waals surface area contributed by atoms with Crippen molar-refractivity contribution in [3.63, 3.8) is 0 Å². The minimum Gasteiger partial charge on any atom is -0.247 e. The topological polar surface area (TPSA) is 38.7 Å². The lowest BCUT2D eigenvalue weighted by molar-refractivity contribution is 1.18. The molecule has 8 aromatic carbocycles. The lowest BCUT2D eigenvalue weighted by atomic mass is 9.92. The Labute approximate surface area is 309 Å². The maximum atomic E-state index is 5.48. The van der Waals surface area contributed by atoms with E-state index >= 15 is 0 Å². The number of pyridine rings is 1. The Morgan fingerprint density at radius 3 is 1.57 bits per heavy atom. The highest BCUT2D eigenvalue weighted by Crippen LogP contribution is 2.45. The van der Waals surface area contributed by atoms with E-state index in [9.17, 15) is 0 Å². The van der Waals surface area contributed by atoms with Crippen LogP contribution in [0.1, 0.15) is 0 Å². The van der Waals surface area contributed by atoms with Gasteiger partial charge in [0.05, 0.1) is 22.6 Å². The average molecular weight is 692 g/mol. The van der Waals surface area contributed by atoms with Crippen molar-refractivity contribution in [2.45, 2.75) is 0 Å². The van der Waals surface area contributed by atoms with Gasteiger partial charge in [-0.2, -0.15) is 0 Å². The summed E-state index contributed by atoms with van der Waals surface area (Å²) >= 11 is 1.84. The van der Waals surface area contributed by atoms with Crippen molar-refractivity contribution in [3.05, 3.63) is 176 Å². The zero-order valence-electron chi connectivity index (χ0n) is 28.5. The van der Waals surface area contributed by atoms with Gasteiger partial charge < -0.3 is 0 Å². The molecule has 4 heteroatoms. The second-order valence-corrected chi connectivity index (χ2v) is 14.6. The normalized spacial score (nSPS) is 11.8. The van der Waals surface area contributed by atoms with E-state index in [4.69, 9.17) is 15.0 Å². The van der Waals surface area contributed by atoms with E-state index in [0.717, 1.165) is 50.2 Å². The summed E-state index contributed by atoms with van der Waals surface area (Å²) in [4.78, 5) is 15.6. The molecular formula is C49H29N3S. The molecule has 0 aliphatic carbocycles. The molecule has 0 aliphatic rings. The molecular weight excluding hydrogens is 663 g/mol. The molecule has 3 nitrogen and oxygen atoms in total. The van der Waals surface area contributed by atoms with Crippen molar-refractivity contribution in [3.8, 4) is 45.2 Å². The van der Waals surface area contributed by atoms with Crippen LogP contribution in [0.3, 0.4) is 0 Å². The summed E-state index contributed by atoms with van der Waals surface area (Å²) in [5.41, 5.74) is 7.95. The van der Waals surface area contributed by atoms with E-state index in [0.29, 0.717) is 5.82 Å². The van der Waals surface area contributed by atoms with Crippen molar-refractivity contribution in [2.75, 3.05) is 0 Å². The Morgan fingerprint density at radius 1 is 0.340 bits per heavy atom. The summed E-state index contributed by atoms with van der Waals surface area (Å²) < 4.78 is 2.48. The summed E-state index contributed by atoms with van der Waals surface area (Å²) in [7, 11) is 0. The van der Waals surface area contributed by atoms with Crippen LogP contribution in [0.5, 0.6) is 0 Å². The highest BCUT2D eigenvalue weighted by atomic mass is 32.1. The largest absolute Gasteiger partial charge is 0.247 e. The Balaban J connectivity index is 1.16. The molecule has 0 bridgehead atoms. The van der Waals surface area contributed by atoms with Gasteiger partial charge in [0.15, 0.2) is 5.82 Å². The zero-order chi connectivity index (χ0) is 34.9. The highest BCUT2D eigenvalue weighted by molar-refractivity contribution is 7.26. The van der Waals surface area contributed by atoms with Gasteiger partial charge in [0.1, 0.15) is 0 Å². The van der Waals surface area contributed by atoms with Crippen LogP contribution < -0.4 is 0 Å². The molecule has 0 saturated heterocycles. The lowest BCUT2D eigenvalue weighted by Gasteiger charge is -2.13. The third kappa shape index (κ3) is 4.84. The molecule has 0 radical (unpaired) electrons. The SMILES string of the molecule is c1ccc(-c2cc(-c3ccc4nc(-c5ccc6c7ccccc7c7ccccc7c6c5)c5c6ccccc6sc5c4c3)nc(-c3ccccc3)n2)cc1. The third-order valence-electron chi connectivity index (χ3n) is 10.4. The third-order valence-corrected chi connectivity index (χ3v) is 11.7. The first kappa shape index (κ1) is 29.9. The van der Waals surface area contributed by atoms with Crippen molar-refractivity contribution in [2.24, 2.45) is 0 Å². The van der Waals surface area contributed by atoms with Crippen molar-refractivity contribution in [1.82, 2.24) is 15.0 Å². The molecule has 0 unspecified atom stereocenters. The molecule has 0 spiro atoms. The fourth-order valence-corrected chi connectivity index (χ4v) is 9.18. The molecule has 11 rings (SSSR count). The summed E-state index contributed by atoms with van der Waals surface area (Å²) in [6.45, 7) is 0. The van der Waals surface area contributed by atoms with Gasteiger partial charge in [-0.05, 0) is 62.6 Å². The van der Waals surface area contributed by atoms with Crippen LogP contribution in [-0.2, 0) is 0 Å². The standard InChI is InChI=1S/C49H29N3S/c1-3-13-30(14-4-1)43-29-44(52-49(51-43)31-15-5-2-6-16-31)32-24-26-42-41(27-32)48-46(39-21-11-12-22-45(39)53-48)47(50-42)33-23-25-38-36-19-8-7-17-34(36)35-18-9-10-20-37(35)40(38)28-33/h1-29H. The first-order valence-electron chi connectivity index (χ1n) is 17.9. The van der Waals surface area contributed by atoms with E-state index in [2.05, 4.69) is 152 Å². The van der Waals surface area contributed by atoms with Crippen LogP contribution in [0.2, 0.25) is 0 Å². The van der Waals surface area contributed by atoms with Gasteiger partial charge in [-0.15, -0.1) is 11.3 Å². The van der Waals surface area contributed by atoms with Crippen LogP contribution in [-0.4, -0.2) is 15.0 Å². The fraction of sp³-hybridized carbons (Fsp3) is 0. The Morgan fingerprint density at radius 2 is 0.868 bits per heavy atom. The smallest absolute Gasteiger partial charge is 0.160 e. The summed E-state index contributed by atoms with van der Waals surface area (Å²) in [6.07, 6.45) is 0. The van der Waals surface area contributed by atoms with Crippen molar-refractivity contribution >= 4 is 74.7 Å². The van der Waals surface area contributed by atoms with E-state index in [1.54, 1.807) is 0 Å². The number of rotatable bonds is 4. The number of aromatic nitrogens is 3. The molecule has 53 heavy (non-hydrogen) atoms. The maximum absolute atomic E-state index is 5.48. The van der Waals surface area contributed by atoms with E-state index in [1.165, 1.54) is 52.5 Å². The predicted molar refractivity (Wildman–Crippen MR) is 224 cm³/mol. The van der Waals surface area contributed by atoms with Gasteiger partial charge in [-0.3, -0.25) is 0 Å². The second kappa shape index (κ2) is 11.9. The highest BCUT2D eigenvalue weighted by Gasteiger charge is 2.19. The molecule has 0 N–H and O–H groups in total. The van der Waals surface area contributed by atoms with Crippen LogP contribution in [0, 0.1) is 0 Å². The first-order chi connectivity index (χ1) is 26.3. The van der Waals surface area contributed by atoms with Gasteiger partial charge in [-0.25, -0.2) is 15.0 Å². The summed E-state index contributed by atoms with van der Waals surface area (Å²) in [5.74, 6) is 0.708. The van der Waals surface area contributed by atoms with Crippen LogP contribution in [0.4, 0.5) is 0 Å². The summed E-state index contributed by atoms with van der Waals surface area (Å²) in [5, 5.41) is 11.1. The number of benzene rings is 8. The maximum Gasteiger partial charge on any atom is 0.160 e. The molecule has 0 aliphatic heterocycles. The van der Waals surface area contributed by atoms with Crippen LogP contribution in [0.25, 0.3) is 109 Å². The Hall–Kier alpha value is -6.75. The van der Waals surface area contributed by atoms with Gasteiger partial charge in [-0.1, -0.05) is 146 Å². The minimum atomic E-state index is 0.708. The quantitative estimate of drug-likeness (QED) is 0.172. The number of thiophene rings is 1. The predicted octanol–water partition coefficient (Wildman–Crippen LogP) is 13.5.